The van der Waals surface area contributed by atoms with E-state index in [0.29, 0.717) is 35.7 Å². The summed E-state index contributed by atoms with van der Waals surface area (Å²) in [5.41, 5.74) is 1.82. The maximum Gasteiger partial charge on any atom is 0.309 e. The van der Waals surface area contributed by atoms with Crippen molar-refractivity contribution in [3.63, 3.8) is 0 Å². The number of benzene rings is 2. The fourth-order valence-electron chi connectivity index (χ4n) is 5.74. The topological polar surface area (TPSA) is 84.0 Å². The molecule has 1 heterocycles. The summed E-state index contributed by atoms with van der Waals surface area (Å²) in [6, 6.07) is 14.1. The Morgan fingerprint density at radius 1 is 1.10 bits per heavy atom. The minimum absolute atomic E-state index is 0.159. The highest BCUT2D eigenvalue weighted by molar-refractivity contribution is 7.90. The molecule has 2 aromatic rings. The number of carbonyl (C=O) groups is 2. The van der Waals surface area contributed by atoms with Crippen molar-refractivity contribution < 1.29 is 22.7 Å². The van der Waals surface area contributed by atoms with Gasteiger partial charge in [0.15, 0.2) is 0 Å². The average molecular weight is 596 g/mol. The molecule has 1 saturated carbocycles. The maximum absolute atomic E-state index is 14.4. The summed E-state index contributed by atoms with van der Waals surface area (Å²) >= 11 is 12.6. The zero-order chi connectivity index (χ0) is 28.5. The summed E-state index contributed by atoms with van der Waals surface area (Å²) in [5, 5.41) is 0.798. The Morgan fingerprint density at radius 3 is 2.33 bits per heavy atom. The fourth-order valence-corrected chi connectivity index (χ4v) is 7.69. The van der Waals surface area contributed by atoms with Gasteiger partial charge in [-0.25, -0.2) is 12.7 Å². The van der Waals surface area contributed by atoms with E-state index in [-0.39, 0.29) is 23.6 Å². The minimum atomic E-state index is -3.45. The predicted molar refractivity (Wildman–Crippen MR) is 153 cm³/mol. The van der Waals surface area contributed by atoms with Crippen molar-refractivity contribution in [1.82, 2.24) is 9.21 Å². The van der Waals surface area contributed by atoms with Gasteiger partial charge in [0.25, 0.3) is 0 Å². The Bertz CT molecular complexity index is 1300. The van der Waals surface area contributed by atoms with E-state index in [1.165, 1.54) is 11.4 Å². The monoisotopic (exact) mass is 594 g/mol. The molecule has 1 aliphatic heterocycles. The fraction of sp³-hybridized carbons (Fsp3) is 0.517. The van der Waals surface area contributed by atoms with Crippen LogP contribution in [0, 0.1) is 11.8 Å². The molecule has 1 aliphatic carbocycles. The van der Waals surface area contributed by atoms with E-state index in [1.807, 2.05) is 42.2 Å². The molecule has 2 aromatic carbocycles. The van der Waals surface area contributed by atoms with E-state index >= 15 is 0 Å². The summed E-state index contributed by atoms with van der Waals surface area (Å²) in [6.07, 6.45) is 2.26. The average Bonchev–Trinajstić information content (AvgIpc) is 3.77. The smallest absolute Gasteiger partial charge is 0.309 e. The number of carbonyl (C=O) groups excluding carboxylic acids is 2. The van der Waals surface area contributed by atoms with Crippen LogP contribution in [0.2, 0.25) is 10.0 Å². The molecule has 2 fully saturated rings. The molecule has 0 aromatic heterocycles. The van der Waals surface area contributed by atoms with Gasteiger partial charge in [-0.15, -0.1) is 0 Å². The number of halogens is 2. The molecule has 7 nitrogen and oxygen atoms in total. The lowest BCUT2D eigenvalue weighted by Crippen LogP contribution is -2.56. The number of rotatable bonds is 10. The Hall–Kier alpha value is -2.13. The Morgan fingerprint density at radius 2 is 1.77 bits per heavy atom. The lowest BCUT2D eigenvalue weighted by molar-refractivity contribution is -0.159. The van der Waals surface area contributed by atoms with Crippen molar-refractivity contribution >= 4 is 45.1 Å². The van der Waals surface area contributed by atoms with Gasteiger partial charge in [-0.1, -0.05) is 61.3 Å². The van der Waals surface area contributed by atoms with Gasteiger partial charge < -0.3 is 9.64 Å². The highest BCUT2D eigenvalue weighted by atomic mass is 35.5. The van der Waals surface area contributed by atoms with Crippen LogP contribution in [0.15, 0.2) is 48.5 Å². The Kier molecular flexibility index (Phi) is 9.31. The number of likely N-dealkylation sites (tertiary alicyclic amines) is 1. The van der Waals surface area contributed by atoms with Crippen LogP contribution in [0.1, 0.15) is 62.6 Å². The molecule has 5 atom stereocenters. The summed E-state index contributed by atoms with van der Waals surface area (Å²) < 4.78 is 32.5. The van der Waals surface area contributed by atoms with Gasteiger partial charge in [0.05, 0.1) is 30.2 Å². The Labute approximate surface area is 241 Å². The first kappa shape index (κ1) is 29.8. The van der Waals surface area contributed by atoms with Gasteiger partial charge >= 0.3 is 5.97 Å². The number of hydrogen-bond donors (Lipinski definition) is 0. The van der Waals surface area contributed by atoms with E-state index in [0.717, 1.165) is 11.1 Å². The first-order valence-corrected chi connectivity index (χ1v) is 15.6. The lowest BCUT2D eigenvalue weighted by atomic mass is 9.71. The second-order valence-electron chi connectivity index (χ2n) is 10.6. The third-order valence-corrected chi connectivity index (χ3v) is 11.0. The maximum atomic E-state index is 14.4. The van der Waals surface area contributed by atoms with Crippen molar-refractivity contribution in [3.05, 3.63) is 69.7 Å². The van der Waals surface area contributed by atoms with Crippen molar-refractivity contribution in [2.45, 2.75) is 62.8 Å². The summed E-state index contributed by atoms with van der Waals surface area (Å²) in [7, 11) is -0.538. The highest BCUT2D eigenvalue weighted by Crippen LogP contribution is 2.48. The number of likely N-dealkylation sites (N-methyl/N-ethyl adjacent to an activating group) is 1. The quantitative estimate of drug-likeness (QED) is 0.330. The van der Waals surface area contributed by atoms with E-state index in [1.54, 1.807) is 32.2 Å². The second kappa shape index (κ2) is 12.2. The number of nitrogens with zero attached hydrogens (tertiary/aromatic N) is 2. The van der Waals surface area contributed by atoms with Gasteiger partial charge in [0.2, 0.25) is 15.9 Å². The summed E-state index contributed by atoms with van der Waals surface area (Å²) in [6.45, 7) is 3.83. The number of esters is 1. The van der Waals surface area contributed by atoms with Crippen LogP contribution in [-0.2, 0) is 24.3 Å². The molecule has 212 valence electrons. The minimum Gasteiger partial charge on any atom is -0.469 e. The number of ether oxygens (including phenoxy) is 1. The van der Waals surface area contributed by atoms with Gasteiger partial charge in [-0.3, -0.25) is 9.59 Å². The highest BCUT2D eigenvalue weighted by Gasteiger charge is 2.49. The number of amides is 1. The molecular formula is C29H36Cl2N2O5S. The number of piperidine rings is 1. The molecule has 0 spiro atoms. The predicted octanol–water partition coefficient (Wildman–Crippen LogP) is 5.68. The lowest BCUT2D eigenvalue weighted by Gasteiger charge is -2.49. The molecule has 4 rings (SSSR count). The molecule has 2 aliphatic rings. The second-order valence-corrected chi connectivity index (χ2v) is 13.8. The molecule has 10 heteroatoms. The normalized spacial score (nSPS) is 23.5. The SMILES string of the molecule is CC[C@@H](CN(C)S(=O)(=O)C1CC1)N1C(=O)C([C@H](C)C(=O)OC)C[C@H](c2cccc(Cl)c2)[C@H]1c1ccc(Cl)cc1. The molecule has 0 radical (unpaired) electrons. The van der Waals surface area contributed by atoms with Gasteiger partial charge in [-0.2, -0.15) is 0 Å². The molecule has 39 heavy (non-hydrogen) atoms. The van der Waals surface area contributed by atoms with Crippen molar-refractivity contribution in [1.29, 1.82) is 0 Å². The standard InChI is InChI=1S/C29H36Cl2N2O5S/c1-5-23(17-32(3)39(36,37)24-13-14-24)33-27(19-9-11-21(30)12-10-19)26(20-7-6-8-22(31)15-20)16-25(28(33)34)18(2)29(35)38-4/h6-12,15,18,23-27H,5,13-14,16-17H2,1-4H3/t18-,23-,25?,26+,27+/m0/s1. The van der Waals surface area contributed by atoms with Crippen molar-refractivity contribution in [2.24, 2.45) is 11.8 Å². The zero-order valence-corrected chi connectivity index (χ0v) is 25.0. The van der Waals surface area contributed by atoms with Gasteiger partial charge in [0.1, 0.15) is 0 Å². The van der Waals surface area contributed by atoms with E-state index in [2.05, 4.69) is 0 Å². The van der Waals surface area contributed by atoms with Crippen LogP contribution in [0.4, 0.5) is 0 Å². The van der Waals surface area contributed by atoms with Gasteiger partial charge in [0, 0.05) is 35.6 Å². The first-order valence-electron chi connectivity index (χ1n) is 13.4. The van der Waals surface area contributed by atoms with E-state index < -0.39 is 39.9 Å². The van der Waals surface area contributed by atoms with Crippen LogP contribution in [-0.4, -0.2) is 61.5 Å². The zero-order valence-electron chi connectivity index (χ0n) is 22.7. The molecule has 1 saturated heterocycles. The molecule has 1 unspecified atom stereocenters. The number of methoxy groups -OCH3 is 1. The van der Waals surface area contributed by atoms with Crippen LogP contribution in [0.3, 0.4) is 0 Å². The van der Waals surface area contributed by atoms with Crippen molar-refractivity contribution in [2.75, 3.05) is 20.7 Å². The summed E-state index contributed by atoms with van der Waals surface area (Å²) in [4.78, 5) is 28.8. The van der Waals surface area contributed by atoms with Crippen LogP contribution in [0.25, 0.3) is 0 Å². The van der Waals surface area contributed by atoms with Gasteiger partial charge in [-0.05, 0) is 61.1 Å². The van der Waals surface area contributed by atoms with Crippen LogP contribution < -0.4 is 0 Å². The van der Waals surface area contributed by atoms with Crippen molar-refractivity contribution in [3.8, 4) is 0 Å². The third-order valence-electron chi connectivity index (χ3n) is 8.14. The first-order chi connectivity index (χ1) is 18.5. The molecule has 0 bridgehead atoms. The number of sulfonamides is 1. The Balaban J connectivity index is 1.85. The van der Waals surface area contributed by atoms with Crippen LogP contribution >= 0.6 is 23.2 Å². The molecule has 0 N–H and O–H groups in total. The molecule has 1 amide bonds. The largest absolute Gasteiger partial charge is 0.469 e. The van der Waals surface area contributed by atoms with E-state index in [9.17, 15) is 18.0 Å². The molecular weight excluding hydrogens is 559 g/mol. The number of hydrogen-bond acceptors (Lipinski definition) is 5. The summed E-state index contributed by atoms with van der Waals surface area (Å²) in [5.74, 6) is -2.17. The van der Waals surface area contributed by atoms with E-state index in [4.69, 9.17) is 27.9 Å². The van der Waals surface area contributed by atoms with Crippen LogP contribution in [0.5, 0.6) is 0 Å². The third kappa shape index (κ3) is 6.29.